The Kier molecular flexibility index (Phi) is 4.24. The van der Waals surface area contributed by atoms with Gasteiger partial charge in [-0.15, -0.1) is 10.2 Å². The van der Waals surface area contributed by atoms with Crippen LogP contribution in [0.4, 0.5) is 5.82 Å². The largest absolute Gasteiger partial charge is 0.508 e. The summed E-state index contributed by atoms with van der Waals surface area (Å²) in [5.41, 5.74) is 0.974. The predicted octanol–water partition coefficient (Wildman–Crippen LogP) is 2.88. The molecule has 7 nitrogen and oxygen atoms in total. The van der Waals surface area contributed by atoms with Gasteiger partial charge >= 0.3 is 0 Å². The van der Waals surface area contributed by atoms with Crippen molar-refractivity contribution in [2.24, 2.45) is 0 Å². The van der Waals surface area contributed by atoms with Crippen molar-refractivity contribution in [2.45, 2.75) is 19.9 Å². The Morgan fingerprint density at radius 1 is 1.21 bits per heavy atom. The Morgan fingerprint density at radius 2 is 2.00 bits per heavy atom. The van der Waals surface area contributed by atoms with Gasteiger partial charge < -0.3 is 15.0 Å². The summed E-state index contributed by atoms with van der Waals surface area (Å²) in [7, 11) is 0. The fraction of sp³-hybridized carbons (Fsp3) is 0.176. The zero-order valence-electron chi connectivity index (χ0n) is 13.3. The van der Waals surface area contributed by atoms with Gasteiger partial charge in [0.05, 0.1) is 0 Å². The monoisotopic (exact) mass is 323 g/mol. The summed E-state index contributed by atoms with van der Waals surface area (Å²) in [6.45, 7) is 4.06. The second-order valence-corrected chi connectivity index (χ2v) is 5.57. The van der Waals surface area contributed by atoms with E-state index < -0.39 is 0 Å². The highest BCUT2D eigenvalue weighted by Gasteiger charge is 2.13. The van der Waals surface area contributed by atoms with Crippen LogP contribution in [0.2, 0.25) is 0 Å². The summed E-state index contributed by atoms with van der Waals surface area (Å²) in [6.07, 6.45) is 1.65. The van der Waals surface area contributed by atoms with Gasteiger partial charge in [-0.05, 0) is 44.2 Å². The van der Waals surface area contributed by atoms with Gasteiger partial charge in [0.2, 0.25) is 0 Å². The molecule has 3 aromatic rings. The van der Waals surface area contributed by atoms with E-state index in [0.29, 0.717) is 22.9 Å². The zero-order valence-corrected chi connectivity index (χ0v) is 13.3. The molecular formula is C17H17N5O2. The highest BCUT2D eigenvalue weighted by Crippen LogP contribution is 2.20. The van der Waals surface area contributed by atoms with Gasteiger partial charge in [-0.3, -0.25) is 4.79 Å². The van der Waals surface area contributed by atoms with Crippen LogP contribution in [0.1, 0.15) is 30.2 Å². The molecule has 0 spiro atoms. The van der Waals surface area contributed by atoms with Crippen molar-refractivity contribution in [3.8, 4) is 17.3 Å². The van der Waals surface area contributed by atoms with E-state index in [9.17, 15) is 9.90 Å². The SMILES string of the molecule is CC(C)n1cnnc1-c1cccc(NC(=O)c2cccc(O)c2)n1. The number of carbonyl (C=O) groups is 1. The van der Waals surface area contributed by atoms with Gasteiger partial charge in [0.1, 0.15) is 23.6 Å². The molecule has 2 N–H and O–H groups in total. The van der Waals surface area contributed by atoms with Crippen molar-refractivity contribution < 1.29 is 9.90 Å². The Morgan fingerprint density at radius 3 is 2.75 bits per heavy atom. The molecule has 122 valence electrons. The quantitative estimate of drug-likeness (QED) is 0.770. The second-order valence-electron chi connectivity index (χ2n) is 5.57. The summed E-state index contributed by atoms with van der Waals surface area (Å²) in [5, 5.41) is 20.2. The molecule has 2 heterocycles. The first-order valence-corrected chi connectivity index (χ1v) is 7.52. The molecule has 0 bridgehead atoms. The van der Waals surface area contributed by atoms with E-state index in [0.717, 1.165) is 0 Å². The van der Waals surface area contributed by atoms with E-state index in [1.807, 2.05) is 24.5 Å². The number of carbonyl (C=O) groups excluding carboxylic acids is 1. The van der Waals surface area contributed by atoms with Crippen LogP contribution in [0.3, 0.4) is 0 Å². The van der Waals surface area contributed by atoms with Crippen LogP contribution < -0.4 is 5.32 Å². The number of phenolic OH excluding ortho intramolecular Hbond substituents is 1. The predicted molar refractivity (Wildman–Crippen MR) is 89.7 cm³/mol. The maximum absolute atomic E-state index is 12.2. The Bertz CT molecular complexity index is 873. The first-order valence-electron chi connectivity index (χ1n) is 7.52. The lowest BCUT2D eigenvalue weighted by Crippen LogP contribution is -2.13. The molecule has 1 aromatic carbocycles. The van der Waals surface area contributed by atoms with Crippen molar-refractivity contribution >= 4 is 11.7 Å². The third kappa shape index (κ3) is 3.24. The molecule has 7 heteroatoms. The maximum Gasteiger partial charge on any atom is 0.256 e. The summed E-state index contributed by atoms with van der Waals surface area (Å²) < 4.78 is 1.91. The van der Waals surface area contributed by atoms with Gasteiger partial charge in [-0.2, -0.15) is 0 Å². The third-order valence-electron chi connectivity index (χ3n) is 3.46. The number of nitrogens with one attached hydrogen (secondary N) is 1. The van der Waals surface area contributed by atoms with Crippen LogP contribution in [0.5, 0.6) is 5.75 Å². The Balaban J connectivity index is 1.86. The molecule has 0 aliphatic heterocycles. The van der Waals surface area contributed by atoms with Crippen LogP contribution in [0, 0.1) is 0 Å². The lowest BCUT2D eigenvalue weighted by molar-refractivity contribution is 0.102. The lowest BCUT2D eigenvalue weighted by Gasteiger charge is -2.10. The summed E-state index contributed by atoms with van der Waals surface area (Å²) in [4.78, 5) is 16.7. The standard InChI is InChI=1S/C17H17N5O2/c1-11(2)22-10-18-21-16(22)14-7-4-8-15(19-14)20-17(24)12-5-3-6-13(23)9-12/h3-11,23H,1-2H3,(H,19,20,24). The van der Waals surface area contributed by atoms with Crippen molar-refractivity contribution in [3.63, 3.8) is 0 Å². The smallest absolute Gasteiger partial charge is 0.256 e. The number of hydrogen-bond acceptors (Lipinski definition) is 5. The minimum absolute atomic E-state index is 0.0365. The molecule has 3 rings (SSSR count). The number of phenols is 1. The molecule has 0 fully saturated rings. The van der Waals surface area contributed by atoms with E-state index >= 15 is 0 Å². The molecule has 0 atom stereocenters. The zero-order chi connectivity index (χ0) is 17.1. The first kappa shape index (κ1) is 15.7. The van der Waals surface area contributed by atoms with E-state index in [4.69, 9.17) is 0 Å². The van der Waals surface area contributed by atoms with Gasteiger partial charge in [0.25, 0.3) is 5.91 Å². The number of pyridine rings is 1. The van der Waals surface area contributed by atoms with Crippen LogP contribution in [-0.4, -0.2) is 30.8 Å². The van der Waals surface area contributed by atoms with E-state index in [2.05, 4.69) is 20.5 Å². The lowest BCUT2D eigenvalue weighted by atomic mass is 10.2. The van der Waals surface area contributed by atoms with E-state index in [1.165, 1.54) is 12.1 Å². The number of nitrogens with zero attached hydrogens (tertiary/aromatic N) is 4. The molecular weight excluding hydrogens is 306 g/mol. The second kappa shape index (κ2) is 6.49. The van der Waals surface area contributed by atoms with Gasteiger partial charge in [0.15, 0.2) is 5.82 Å². The number of benzene rings is 1. The average molecular weight is 323 g/mol. The minimum atomic E-state index is -0.346. The highest BCUT2D eigenvalue weighted by molar-refractivity contribution is 6.04. The van der Waals surface area contributed by atoms with Crippen molar-refractivity contribution in [1.29, 1.82) is 0 Å². The van der Waals surface area contributed by atoms with Gasteiger partial charge in [-0.1, -0.05) is 12.1 Å². The number of hydrogen-bond donors (Lipinski definition) is 2. The summed E-state index contributed by atoms with van der Waals surface area (Å²) >= 11 is 0. The normalized spacial score (nSPS) is 10.8. The number of aromatic nitrogens is 4. The summed E-state index contributed by atoms with van der Waals surface area (Å²) in [5.74, 6) is 0.730. The fourth-order valence-corrected chi connectivity index (χ4v) is 2.27. The molecule has 0 saturated heterocycles. The highest BCUT2D eigenvalue weighted by atomic mass is 16.3. The Hall–Kier alpha value is -3.22. The number of aromatic hydroxyl groups is 1. The van der Waals surface area contributed by atoms with Crippen molar-refractivity contribution in [3.05, 3.63) is 54.4 Å². The van der Waals surface area contributed by atoms with E-state index in [1.54, 1.807) is 30.6 Å². The first-order chi connectivity index (χ1) is 11.5. The number of amides is 1. The number of anilines is 1. The molecule has 0 radical (unpaired) electrons. The van der Waals surface area contributed by atoms with Crippen molar-refractivity contribution in [1.82, 2.24) is 19.7 Å². The maximum atomic E-state index is 12.2. The van der Waals surface area contributed by atoms with Gasteiger partial charge in [-0.25, -0.2) is 4.98 Å². The van der Waals surface area contributed by atoms with Gasteiger partial charge in [0, 0.05) is 11.6 Å². The molecule has 0 unspecified atom stereocenters. The van der Waals surface area contributed by atoms with Crippen LogP contribution in [0.15, 0.2) is 48.8 Å². The van der Waals surface area contributed by atoms with E-state index in [-0.39, 0.29) is 17.7 Å². The molecule has 0 saturated carbocycles. The topological polar surface area (TPSA) is 92.9 Å². The molecule has 2 aromatic heterocycles. The molecule has 1 amide bonds. The third-order valence-corrected chi connectivity index (χ3v) is 3.46. The Labute approximate surface area is 139 Å². The molecule has 0 aliphatic rings. The minimum Gasteiger partial charge on any atom is -0.508 e. The molecule has 0 aliphatic carbocycles. The molecule has 24 heavy (non-hydrogen) atoms. The fourth-order valence-electron chi connectivity index (χ4n) is 2.27. The number of rotatable bonds is 4. The van der Waals surface area contributed by atoms with Crippen LogP contribution in [0.25, 0.3) is 11.5 Å². The van der Waals surface area contributed by atoms with Crippen LogP contribution >= 0.6 is 0 Å². The van der Waals surface area contributed by atoms with Crippen LogP contribution in [-0.2, 0) is 0 Å². The van der Waals surface area contributed by atoms with Crippen molar-refractivity contribution in [2.75, 3.05) is 5.32 Å². The summed E-state index contributed by atoms with van der Waals surface area (Å²) in [6, 6.07) is 11.6. The average Bonchev–Trinajstić information content (AvgIpc) is 3.05.